The van der Waals surface area contributed by atoms with Crippen LogP contribution in [-0.4, -0.2) is 28.0 Å². The number of H-pyrrole nitrogens is 1. The number of aromatic nitrogens is 3. The second-order valence-electron chi connectivity index (χ2n) is 3.92. The molecule has 5 heteroatoms. The van der Waals surface area contributed by atoms with Crippen LogP contribution in [0.25, 0.3) is 0 Å². The number of hydrogen-bond donors (Lipinski definition) is 1. The van der Waals surface area contributed by atoms with Crippen molar-refractivity contribution in [3.05, 3.63) is 10.6 Å². The van der Waals surface area contributed by atoms with Crippen molar-refractivity contribution in [2.24, 2.45) is 5.92 Å². The van der Waals surface area contributed by atoms with Crippen molar-refractivity contribution in [1.29, 1.82) is 0 Å². The molecule has 0 fully saturated rings. The minimum Gasteiger partial charge on any atom is -0.379 e. The van der Waals surface area contributed by atoms with Crippen LogP contribution >= 0.6 is 12.2 Å². The molecule has 0 aliphatic rings. The van der Waals surface area contributed by atoms with Gasteiger partial charge in [-0.15, -0.1) is 0 Å². The van der Waals surface area contributed by atoms with E-state index >= 15 is 0 Å². The van der Waals surface area contributed by atoms with Crippen molar-refractivity contribution in [1.82, 2.24) is 14.8 Å². The van der Waals surface area contributed by atoms with Crippen LogP contribution in [0, 0.1) is 10.7 Å². The van der Waals surface area contributed by atoms with E-state index in [4.69, 9.17) is 17.0 Å². The molecule has 0 radical (unpaired) electrons. The number of ether oxygens (including phenoxy) is 1. The summed E-state index contributed by atoms with van der Waals surface area (Å²) >= 11 is 5.13. The van der Waals surface area contributed by atoms with Gasteiger partial charge in [0, 0.05) is 19.6 Å². The quantitative estimate of drug-likeness (QED) is 0.600. The molecule has 4 nitrogen and oxygen atoms in total. The zero-order chi connectivity index (χ0) is 11.3. The highest BCUT2D eigenvalue weighted by molar-refractivity contribution is 7.71. The zero-order valence-corrected chi connectivity index (χ0v) is 10.4. The Hall–Kier alpha value is -0.680. The Bertz CT molecular complexity index is 343. The maximum atomic E-state index is 5.51. The third kappa shape index (κ3) is 3.76. The predicted molar refractivity (Wildman–Crippen MR) is 62.4 cm³/mol. The van der Waals surface area contributed by atoms with Gasteiger partial charge in [0.05, 0.1) is 6.61 Å². The average Bonchev–Trinajstić information content (AvgIpc) is 2.54. The average molecular weight is 229 g/mol. The molecule has 1 aromatic rings. The van der Waals surface area contributed by atoms with Gasteiger partial charge in [0.25, 0.3) is 0 Å². The molecule has 0 unspecified atom stereocenters. The number of hydrogen-bond acceptors (Lipinski definition) is 3. The summed E-state index contributed by atoms with van der Waals surface area (Å²) < 4.78 is 8.19. The molecular formula is C10H19N3OS. The number of nitrogens with zero attached hydrogens (tertiary/aromatic N) is 2. The molecule has 0 spiro atoms. The Balaban J connectivity index is 2.43. The molecule has 0 aliphatic carbocycles. The summed E-state index contributed by atoms with van der Waals surface area (Å²) in [5.41, 5.74) is 0. The normalized spacial score (nSPS) is 11.2. The van der Waals surface area contributed by atoms with E-state index in [1.54, 1.807) is 0 Å². The Labute approximate surface area is 95.7 Å². The van der Waals surface area contributed by atoms with Crippen LogP contribution in [0.4, 0.5) is 0 Å². The molecule has 0 saturated heterocycles. The van der Waals surface area contributed by atoms with E-state index in [0.717, 1.165) is 25.4 Å². The summed E-state index contributed by atoms with van der Waals surface area (Å²) in [6.07, 6.45) is 0.886. The first-order valence-electron chi connectivity index (χ1n) is 5.37. The van der Waals surface area contributed by atoms with Crippen molar-refractivity contribution in [2.75, 3.05) is 13.2 Å². The van der Waals surface area contributed by atoms with Crippen molar-refractivity contribution >= 4 is 12.2 Å². The molecule has 0 saturated carbocycles. The van der Waals surface area contributed by atoms with E-state index in [1.165, 1.54) is 0 Å². The highest BCUT2D eigenvalue weighted by Gasteiger charge is 2.03. The topological polar surface area (TPSA) is 42.8 Å². The smallest absolute Gasteiger partial charge is 0.195 e. The fourth-order valence-corrected chi connectivity index (χ4v) is 1.57. The molecular weight excluding hydrogens is 210 g/mol. The number of nitrogens with one attached hydrogen (secondary N) is 1. The first-order chi connectivity index (χ1) is 7.15. The first kappa shape index (κ1) is 12.4. The minimum atomic E-state index is 0.577. The molecule has 86 valence electrons. The van der Waals surface area contributed by atoms with Crippen LogP contribution in [0.3, 0.4) is 0 Å². The fraction of sp³-hybridized carbons (Fsp3) is 0.800. The molecule has 1 heterocycles. The molecule has 1 N–H and O–H groups in total. The summed E-state index contributed by atoms with van der Waals surface area (Å²) in [7, 11) is 0. The summed E-state index contributed by atoms with van der Waals surface area (Å²) in [6, 6.07) is 0. The fourth-order valence-electron chi connectivity index (χ4n) is 1.33. The standard InChI is InChI=1S/C10H19N3OS/c1-4-9-11-12-10(15)13(9)5-6-14-7-8(2)3/h8H,4-7H2,1-3H3,(H,12,15). The highest BCUT2D eigenvalue weighted by atomic mass is 32.1. The molecule has 0 aromatic carbocycles. The Kier molecular flexibility index (Phi) is 4.98. The van der Waals surface area contributed by atoms with Gasteiger partial charge in [-0.25, -0.2) is 0 Å². The molecule has 1 rings (SSSR count). The predicted octanol–water partition coefficient (Wildman–Crippen LogP) is 2.18. The summed E-state index contributed by atoms with van der Waals surface area (Å²) in [4.78, 5) is 0. The molecule has 0 bridgehead atoms. The Morgan fingerprint density at radius 2 is 2.27 bits per heavy atom. The van der Waals surface area contributed by atoms with Gasteiger partial charge in [-0.2, -0.15) is 5.10 Å². The zero-order valence-electron chi connectivity index (χ0n) is 9.62. The summed E-state index contributed by atoms with van der Waals surface area (Å²) in [6.45, 7) is 8.62. The Morgan fingerprint density at radius 3 is 2.87 bits per heavy atom. The molecule has 1 aromatic heterocycles. The number of rotatable bonds is 6. The lowest BCUT2D eigenvalue weighted by atomic mass is 10.2. The van der Waals surface area contributed by atoms with Gasteiger partial charge in [-0.1, -0.05) is 20.8 Å². The second kappa shape index (κ2) is 6.02. The molecule has 15 heavy (non-hydrogen) atoms. The summed E-state index contributed by atoms with van der Waals surface area (Å²) in [5.74, 6) is 1.57. The van der Waals surface area contributed by atoms with Crippen molar-refractivity contribution in [2.45, 2.75) is 33.7 Å². The van der Waals surface area contributed by atoms with E-state index in [0.29, 0.717) is 17.3 Å². The first-order valence-corrected chi connectivity index (χ1v) is 5.77. The van der Waals surface area contributed by atoms with E-state index in [1.807, 2.05) is 4.57 Å². The molecule has 0 amide bonds. The van der Waals surface area contributed by atoms with Gasteiger partial charge in [0.15, 0.2) is 4.77 Å². The van der Waals surface area contributed by atoms with Crippen molar-refractivity contribution in [3.63, 3.8) is 0 Å². The lowest BCUT2D eigenvalue weighted by Crippen LogP contribution is -2.11. The van der Waals surface area contributed by atoms with Crippen LogP contribution in [0.15, 0.2) is 0 Å². The molecule has 0 aliphatic heterocycles. The maximum absolute atomic E-state index is 5.51. The highest BCUT2D eigenvalue weighted by Crippen LogP contribution is 1.99. The lowest BCUT2D eigenvalue weighted by molar-refractivity contribution is 0.102. The SMILES string of the molecule is CCc1n[nH]c(=S)n1CCOCC(C)C. The lowest BCUT2D eigenvalue weighted by Gasteiger charge is -2.08. The van der Waals surface area contributed by atoms with Crippen molar-refractivity contribution < 1.29 is 4.74 Å². The van der Waals surface area contributed by atoms with Gasteiger partial charge in [-0.3, -0.25) is 5.10 Å². The number of aromatic amines is 1. The van der Waals surface area contributed by atoms with Gasteiger partial charge >= 0.3 is 0 Å². The maximum Gasteiger partial charge on any atom is 0.195 e. The third-order valence-corrected chi connectivity index (χ3v) is 2.38. The van der Waals surface area contributed by atoms with Gasteiger partial charge in [0.2, 0.25) is 0 Å². The van der Waals surface area contributed by atoms with Gasteiger partial charge < -0.3 is 9.30 Å². The van der Waals surface area contributed by atoms with E-state index in [2.05, 4.69) is 31.0 Å². The second-order valence-corrected chi connectivity index (χ2v) is 4.31. The van der Waals surface area contributed by atoms with Crippen molar-refractivity contribution in [3.8, 4) is 0 Å². The van der Waals surface area contributed by atoms with Crippen LogP contribution in [0.1, 0.15) is 26.6 Å². The van der Waals surface area contributed by atoms with Crippen LogP contribution in [0.2, 0.25) is 0 Å². The molecule has 0 atom stereocenters. The van der Waals surface area contributed by atoms with E-state index < -0.39 is 0 Å². The largest absolute Gasteiger partial charge is 0.379 e. The summed E-state index contributed by atoms with van der Waals surface area (Å²) in [5, 5.41) is 6.94. The third-order valence-electron chi connectivity index (χ3n) is 2.06. The van der Waals surface area contributed by atoms with Crippen LogP contribution in [0.5, 0.6) is 0 Å². The number of aryl methyl sites for hydroxylation is 1. The van der Waals surface area contributed by atoms with E-state index in [-0.39, 0.29) is 0 Å². The van der Waals surface area contributed by atoms with Crippen LogP contribution in [-0.2, 0) is 17.7 Å². The van der Waals surface area contributed by atoms with Gasteiger partial charge in [0.1, 0.15) is 5.82 Å². The van der Waals surface area contributed by atoms with Gasteiger partial charge in [-0.05, 0) is 18.1 Å². The van der Waals surface area contributed by atoms with Crippen LogP contribution < -0.4 is 0 Å². The Morgan fingerprint density at radius 1 is 1.53 bits per heavy atom. The van der Waals surface area contributed by atoms with E-state index in [9.17, 15) is 0 Å². The minimum absolute atomic E-state index is 0.577. The monoisotopic (exact) mass is 229 g/mol.